The van der Waals surface area contributed by atoms with Crippen LogP contribution in [0.5, 0.6) is 0 Å². The lowest BCUT2D eigenvalue weighted by molar-refractivity contribution is -0.654. The predicted molar refractivity (Wildman–Crippen MR) is 93.2 cm³/mol. The Morgan fingerprint density at radius 1 is 1.30 bits per heavy atom. The molecular weight excluding hydrogens is 310 g/mol. The van der Waals surface area contributed by atoms with Crippen molar-refractivity contribution >= 4 is 34.2 Å². The molecule has 0 saturated carbocycles. The molecular formula is C16H22N5OS+. The maximum absolute atomic E-state index is 7.06. The highest BCUT2D eigenvalue weighted by Crippen LogP contribution is 2.28. The zero-order valence-electron chi connectivity index (χ0n) is 13.7. The fraction of sp³-hybridized carbons (Fsp3) is 0.375. The van der Waals surface area contributed by atoms with Crippen molar-refractivity contribution in [2.24, 2.45) is 17.3 Å². The van der Waals surface area contributed by atoms with Crippen LogP contribution < -0.4 is 9.47 Å². The summed E-state index contributed by atoms with van der Waals surface area (Å²) in [4.78, 5) is 2.26. The third-order valence-corrected chi connectivity index (χ3v) is 4.36. The zero-order valence-corrected chi connectivity index (χ0v) is 14.5. The van der Waals surface area contributed by atoms with E-state index in [0.29, 0.717) is 6.61 Å². The third-order valence-electron chi connectivity index (χ3n) is 3.52. The minimum atomic E-state index is 0.309. The first-order chi connectivity index (χ1) is 11.2. The number of ether oxygens (including phenoxy) is 1. The second-order valence-corrected chi connectivity index (χ2v) is 5.78. The molecule has 0 radical (unpaired) electrons. The van der Waals surface area contributed by atoms with Crippen molar-refractivity contribution in [3.05, 3.63) is 35.3 Å². The standard InChI is InChI=1S/C16H22N5OS/c1-4-21(5-2)14-6-7-15(13(10-14)11-22-12-17)18-19-16-20(3)8-9-23-16/h6-10,12,17H,4-5,11H2,1-3H3/q+1. The van der Waals surface area contributed by atoms with E-state index in [2.05, 4.69) is 35.0 Å². The van der Waals surface area contributed by atoms with Crippen molar-refractivity contribution < 1.29 is 9.30 Å². The Balaban J connectivity index is 2.31. The van der Waals surface area contributed by atoms with Crippen LogP contribution in [0.25, 0.3) is 0 Å². The molecule has 0 saturated heterocycles. The Kier molecular flexibility index (Phi) is 6.22. The summed E-state index contributed by atoms with van der Waals surface area (Å²) in [6.07, 6.45) is 2.89. The molecule has 0 aliphatic heterocycles. The van der Waals surface area contributed by atoms with Crippen molar-refractivity contribution in [2.45, 2.75) is 20.5 Å². The van der Waals surface area contributed by atoms with Crippen molar-refractivity contribution in [3.63, 3.8) is 0 Å². The number of nitrogens with zero attached hydrogens (tertiary/aromatic N) is 4. The molecule has 6 nitrogen and oxygen atoms in total. The van der Waals surface area contributed by atoms with Crippen LogP contribution in [0.3, 0.4) is 0 Å². The highest BCUT2D eigenvalue weighted by atomic mass is 32.1. The molecule has 0 fully saturated rings. The molecule has 0 aliphatic carbocycles. The Morgan fingerprint density at radius 3 is 2.70 bits per heavy atom. The van der Waals surface area contributed by atoms with Gasteiger partial charge in [-0.25, -0.2) is 4.57 Å². The summed E-state index contributed by atoms with van der Waals surface area (Å²) in [5.74, 6) is 0. The molecule has 2 aromatic rings. The Hall–Kier alpha value is -2.28. The van der Waals surface area contributed by atoms with E-state index in [1.165, 1.54) is 11.3 Å². The number of azo groups is 1. The molecule has 2 rings (SSSR count). The maximum atomic E-state index is 7.06. The van der Waals surface area contributed by atoms with E-state index in [1.54, 1.807) is 0 Å². The van der Waals surface area contributed by atoms with Gasteiger partial charge in [0.15, 0.2) is 6.40 Å². The fourth-order valence-corrected chi connectivity index (χ4v) is 2.90. The molecule has 1 aromatic carbocycles. The van der Waals surface area contributed by atoms with Crippen molar-refractivity contribution in [3.8, 4) is 0 Å². The van der Waals surface area contributed by atoms with Gasteiger partial charge in [0.1, 0.15) is 18.5 Å². The Labute approximate surface area is 140 Å². The van der Waals surface area contributed by atoms with Crippen LogP contribution in [0.2, 0.25) is 0 Å². The second kappa shape index (κ2) is 8.38. The number of rotatable bonds is 8. The van der Waals surface area contributed by atoms with Gasteiger partial charge in [-0.2, -0.15) is 0 Å². The average Bonchev–Trinajstić information content (AvgIpc) is 2.98. The molecule has 122 valence electrons. The Morgan fingerprint density at radius 2 is 2.09 bits per heavy atom. The normalized spacial score (nSPS) is 10.9. The molecule has 1 aromatic heterocycles. The van der Waals surface area contributed by atoms with Crippen LogP contribution in [0, 0.1) is 5.41 Å². The third kappa shape index (κ3) is 4.35. The number of aromatic nitrogens is 1. The topological polar surface area (TPSA) is 64.9 Å². The molecule has 23 heavy (non-hydrogen) atoms. The predicted octanol–water partition coefficient (Wildman–Crippen LogP) is 3.96. The lowest BCUT2D eigenvalue weighted by atomic mass is 10.1. The summed E-state index contributed by atoms with van der Waals surface area (Å²) >= 11 is 1.53. The number of hydrogen-bond acceptors (Lipinski definition) is 6. The number of thiazole rings is 1. The van der Waals surface area contributed by atoms with Gasteiger partial charge < -0.3 is 9.64 Å². The van der Waals surface area contributed by atoms with E-state index < -0.39 is 0 Å². The second-order valence-electron chi connectivity index (χ2n) is 4.91. The fourth-order valence-electron chi connectivity index (χ4n) is 2.22. The number of nitrogens with one attached hydrogen (secondary N) is 1. The van der Waals surface area contributed by atoms with Gasteiger partial charge in [0, 0.05) is 29.7 Å². The maximum Gasteiger partial charge on any atom is 0.408 e. The smallest absolute Gasteiger partial charge is 0.408 e. The summed E-state index contributed by atoms with van der Waals surface area (Å²) in [6, 6.07) is 6.05. The molecule has 0 bridgehead atoms. The van der Waals surface area contributed by atoms with Crippen molar-refractivity contribution in [2.75, 3.05) is 18.0 Å². The molecule has 0 spiro atoms. The Bertz CT molecular complexity index is 679. The SMILES string of the molecule is CCN(CC)c1ccc(N=Nc2scc[n+]2C)c(COC=N)c1. The summed E-state index contributed by atoms with van der Waals surface area (Å²) in [5, 5.41) is 18.5. The van der Waals surface area contributed by atoms with Gasteiger partial charge in [0.2, 0.25) is 0 Å². The van der Waals surface area contributed by atoms with Crippen molar-refractivity contribution in [1.29, 1.82) is 5.41 Å². The molecule has 1 heterocycles. The van der Waals surface area contributed by atoms with Gasteiger partial charge in [-0.15, -0.1) is 0 Å². The largest absolute Gasteiger partial charge is 0.479 e. The summed E-state index contributed by atoms with van der Waals surface area (Å²) in [7, 11) is 1.94. The molecule has 0 atom stereocenters. The highest BCUT2D eigenvalue weighted by Gasteiger charge is 2.11. The van der Waals surface area contributed by atoms with E-state index in [9.17, 15) is 0 Å². The number of benzene rings is 1. The van der Waals surface area contributed by atoms with Gasteiger partial charge in [0.25, 0.3) is 0 Å². The van der Waals surface area contributed by atoms with Gasteiger partial charge in [-0.3, -0.25) is 5.41 Å². The summed E-state index contributed by atoms with van der Waals surface area (Å²) in [5.41, 5.74) is 2.80. The van der Waals surface area contributed by atoms with E-state index in [4.69, 9.17) is 10.1 Å². The number of hydrogen-bond donors (Lipinski definition) is 1. The van der Waals surface area contributed by atoms with Crippen LogP contribution >= 0.6 is 11.3 Å². The van der Waals surface area contributed by atoms with E-state index in [1.807, 2.05) is 35.3 Å². The monoisotopic (exact) mass is 332 g/mol. The van der Waals surface area contributed by atoms with Crippen LogP contribution in [0.15, 0.2) is 40.0 Å². The highest BCUT2D eigenvalue weighted by molar-refractivity contribution is 7.12. The van der Waals surface area contributed by atoms with Crippen LogP contribution in [-0.4, -0.2) is 19.5 Å². The van der Waals surface area contributed by atoms with E-state index in [0.717, 1.165) is 41.6 Å². The van der Waals surface area contributed by atoms with E-state index in [-0.39, 0.29) is 0 Å². The first-order valence-electron chi connectivity index (χ1n) is 7.52. The number of anilines is 1. The van der Waals surface area contributed by atoms with Crippen molar-refractivity contribution in [1.82, 2.24) is 0 Å². The molecule has 7 heteroatoms. The van der Waals surface area contributed by atoms with Gasteiger partial charge in [-0.05, 0) is 48.5 Å². The van der Waals surface area contributed by atoms with Gasteiger partial charge >= 0.3 is 5.13 Å². The summed E-state index contributed by atoms with van der Waals surface area (Å²) in [6.45, 7) is 6.44. The van der Waals surface area contributed by atoms with Crippen LogP contribution in [0.1, 0.15) is 19.4 Å². The molecule has 1 N–H and O–H groups in total. The van der Waals surface area contributed by atoms with Crippen LogP contribution in [0.4, 0.5) is 16.5 Å². The minimum Gasteiger partial charge on any atom is -0.479 e. The van der Waals surface area contributed by atoms with Gasteiger partial charge in [0.05, 0.1) is 12.2 Å². The number of aryl methyl sites for hydroxylation is 1. The van der Waals surface area contributed by atoms with Crippen LogP contribution in [-0.2, 0) is 18.4 Å². The lowest BCUT2D eigenvalue weighted by Crippen LogP contribution is -2.23. The average molecular weight is 332 g/mol. The minimum absolute atomic E-state index is 0.309. The molecule has 0 aliphatic rings. The quantitative estimate of drug-likeness (QED) is 0.344. The zero-order chi connectivity index (χ0) is 16.7. The lowest BCUT2D eigenvalue weighted by Gasteiger charge is -2.21. The molecule has 0 unspecified atom stereocenters. The summed E-state index contributed by atoms with van der Waals surface area (Å²) < 4.78 is 7.06. The first kappa shape index (κ1) is 17.1. The van der Waals surface area contributed by atoms with Gasteiger partial charge in [-0.1, -0.05) is 0 Å². The van der Waals surface area contributed by atoms with E-state index >= 15 is 0 Å². The molecule has 0 amide bonds. The first-order valence-corrected chi connectivity index (χ1v) is 8.40.